The van der Waals surface area contributed by atoms with Crippen LogP contribution in [0.15, 0.2) is 17.5 Å². The van der Waals surface area contributed by atoms with Gasteiger partial charge in [-0.3, -0.25) is 5.32 Å². The molecule has 2 amide bonds. The Balaban J connectivity index is 1.59. The summed E-state index contributed by atoms with van der Waals surface area (Å²) < 4.78 is 0. The van der Waals surface area contributed by atoms with Gasteiger partial charge in [0, 0.05) is 11.1 Å². The number of hydrogen-bond acceptors (Lipinski definition) is 6. The zero-order valence-corrected chi connectivity index (χ0v) is 14.7. The van der Waals surface area contributed by atoms with Gasteiger partial charge in [-0.05, 0) is 25.0 Å². The van der Waals surface area contributed by atoms with Crippen molar-refractivity contribution in [2.24, 2.45) is 0 Å². The quantitative estimate of drug-likeness (QED) is 0.750. The van der Waals surface area contributed by atoms with Crippen LogP contribution in [0.25, 0.3) is 10.3 Å². The third kappa shape index (κ3) is 3.83. The number of urea groups is 1. The van der Waals surface area contributed by atoms with Crippen molar-refractivity contribution in [2.45, 2.75) is 33.2 Å². The van der Waals surface area contributed by atoms with E-state index in [-0.39, 0.29) is 6.03 Å². The molecule has 3 aromatic heterocycles. The lowest BCUT2D eigenvalue weighted by atomic mass is 10.2. The molecule has 0 atom stereocenters. The van der Waals surface area contributed by atoms with Crippen molar-refractivity contribution in [3.05, 3.63) is 33.9 Å². The van der Waals surface area contributed by atoms with Gasteiger partial charge in [0.05, 0.1) is 12.2 Å². The molecule has 6 nitrogen and oxygen atoms in total. The van der Waals surface area contributed by atoms with E-state index in [1.165, 1.54) is 11.3 Å². The fraction of sp³-hybridized carbons (Fsp3) is 0.333. The van der Waals surface area contributed by atoms with Gasteiger partial charge in [0.1, 0.15) is 15.4 Å². The first-order valence-electron chi connectivity index (χ1n) is 7.24. The van der Waals surface area contributed by atoms with E-state index >= 15 is 0 Å². The maximum atomic E-state index is 12.0. The van der Waals surface area contributed by atoms with Gasteiger partial charge in [0.25, 0.3) is 0 Å². The summed E-state index contributed by atoms with van der Waals surface area (Å²) in [7, 11) is 0. The highest BCUT2D eigenvalue weighted by Crippen LogP contribution is 2.24. The summed E-state index contributed by atoms with van der Waals surface area (Å²) in [5.41, 5.74) is 2.78. The first-order valence-corrected chi connectivity index (χ1v) is 8.94. The van der Waals surface area contributed by atoms with Gasteiger partial charge in [0.15, 0.2) is 5.13 Å². The van der Waals surface area contributed by atoms with E-state index in [0.29, 0.717) is 17.6 Å². The van der Waals surface area contributed by atoms with Crippen molar-refractivity contribution < 1.29 is 4.79 Å². The van der Waals surface area contributed by atoms with Crippen molar-refractivity contribution >= 4 is 44.2 Å². The monoisotopic (exact) mass is 347 g/mol. The number of rotatable bonds is 4. The normalized spacial score (nSPS) is 11.1. The van der Waals surface area contributed by atoms with E-state index in [9.17, 15) is 4.79 Å². The molecule has 0 saturated heterocycles. The van der Waals surface area contributed by atoms with Crippen molar-refractivity contribution in [1.82, 2.24) is 20.3 Å². The van der Waals surface area contributed by atoms with E-state index in [1.54, 1.807) is 11.3 Å². The number of hydrogen-bond donors (Lipinski definition) is 2. The molecule has 0 aliphatic heterocycles. The molecule has 3 aromatic rings. The number of aromatic nitrogens is 3. The standard InChI is InChI=1S/C15H17N5OS2/c1-8(2)11-7-22-12(18-11)6-16-14(21)20-15-19-10-5-4-9(3)17-13(10)23-15/h4-5,7-8H,6H2,1-3H3,(H2,16,19,20,21). The highest BCUT2D eigenvalue weighted by Gasteiger charge is 2.10. The molecule has 0 aromatic carbocycles. The topological polar surface area (TPSA) is 79.8 Å². The molecule has 0 aliphatic rings. The van der Waals surface area contributed by atoms with Crippen LogP contribution in [0.4, 0.5) is 9.93 Å². The number of fused-ring (bicyclic) bond motifs is 1. The Morgan fingerprint density at radius 2 is 2.09 bits per heavy atom. The molecule has 0 spiro atoms. The second-order valence-corrected chi connectivity index (χ2v) is 7.34. The fourth-order valence-corrected chi connectivity index (χ4v) is 3.71. The number of aryl methyl sites for hydroxylation is 1. The molecule has 2 N–H and O–H groups in total. The number of carbonyl (C=O) groups is 1. The maximum Gasteiger partial charge on any atom is 0.321 e. The van der Waals surface area contributed by atoms with E-state index in [1.807, 2.05) is 24.4 Å². The van der Waals surface area contributed by atoms with Gasteiger partial charge in [0.2, 0.25) is 0 Å². The molecule has 0 saturated carbocycles. The largest absolute Gasteiger partial charge is 0.331 e. The van der Waals surface area contributed by atoms with Gasteiger partial charge in [-0.25, -0.2) is 19.7 Å². The Labute approximate surface area is 142 Å². The predicted molar refractivity (Wildman–Crippen MR) is 94.2 cm³/mol. The summed E-state index contributed by atoms with van der Waals surface area (Å²) >= 11 is 2.92. The molecule has 8 heteroatoms. The first-order chi connectivity index (χ1) is 11.0. The van der Waals surface area contributed by atoms with Crippen LogP contribution in [-0.4, -0.2) is 21.0 Å². The molecular weight excluding hydrogens is 330 g/mol. The number of nitrogens with one attached hydrogen (secondary N) is 2. The van der Waals surface area contributed by atoms with Gasteiger partial charge >= 0.3 is 6.03 Å². The van der Waals surface area contributed by atoms with Crippen LogP contribution in [0.5, 0.6) is 0 Å². The molecule has 0 fully saturated rings. The average Bonchev–Trinajstić information content (AvgIpc) is 3.10. The van der Waals surface area contributed by atoms with E-state index in [2.05, 4.69) is 39.4 Å². The second kappa shape index (κ2) is 6.59. The minimum Gasteiger partial charge on any atom is -0.331 e. The van der Waals surface area contributed by atoms with Crippen LogP contribution >= 0.6 is 22.7 Å². The van der Waals surface area contributed by atoms with Crippen molar-refractivity contribution in [1.29, 1.82) is 0 Å². The maximum absolute atomic E-state index is 12.0. The van der Waals surface area contributed by atoms with E-state index in [4.69, 9.17) is 0 Å². The molecule has 0 radical (unpaired) electrons. The van der Waals surface area contributed by atoms with Crippen LogP contribution in [0.2, 0.25) is 0 Å². The molecule has 0 unspecified atom stereocenters. The highest BCUT2D eigenvalue weighted by atomic mass is 32.1. The van der Waals surface area contributed by atoms with Crippen LogP contribution in [0.1, 0.15) is 36.2 Å². The first kappa shape index (κ1) is 15.8. The van der Waals surface area contributed by atoms with Gasteiger partial charge in [-0.1, -0.05) is 25.2 Å². The Bertz CT molecular complexity index is 839. The summed E-state index contributed by atoms with van der Waals surface area (Å²) in [6.45, 7) is 6.54. The van der Waals surface area contributed by atoms with E-state index < -0.39 is 0 Å². The molecule has 120 valence electrons. The Morgan fingerprint density at radius 1 is 1.26 bits per heavy atom. The summed E-state index contributed by atoms with van der Waals surface area (Å²) in [6, 6.07) is 3.52. The zero-order chi connectivity index (χ0) is 16.4. The number of anilines is 1. The summed E-state index contributed by atoms with van der Waals surface area (Å²) in [5.74, 6) is 0.396. The summed E-state index contributed by atoms with van der Waals surface area (Å²) in [6.07, 6.45) is 0. The molecule has 3 heterocycles. The molecule has 23 heavy (non-hydrogen) atoms. The SMILES string of the molecule is Cc1ccc2nc(NC(=O)NCc3nc(C(C)C)cs3)sc2n1. The number of nitrogens with zero attached hydrogens (tertiary/aromatic N) is 3. The summed E-state index contributed by atoms with van der Waals surface area (Å²) in [5, 5.41) is 9.01. The van der Waals surface area contributed by atoms with Crippen molar-refractivity contribution in [3.63, 3.8) is 0 Å². The van der Waals surface area contributed by atoms with Gasteiger partial charge in [-0.2, -0.15) is 0 Å². The fourth-order valence-electron chi connectivity index (χ4n) is 1.93. The third-order valence-electron chi connectivity index (χ3n) is 3.18. The van der Waals surface area contributed by atoms with E-state index in [0.717, 1.165) is 26.7 Å². The smallest absolute Gasteiger partial charge is 0.321 e. The zero-order valence-electron chi connectivity index (χ0n) is 13.1. The Hall–Kier alpha value is -2.06. The van der Waals surface area contributed by atoms with Crippen LogP contribution in [-0.2, 0) is 6.54 Å². The minimum atomic E-state index is -0.290. The van der Waals surface area contributed by atoms with Crippen molar-refractivity contribution in [2.75, 3.05) is 5.32 Å². The number of thiazole rings is 2. The lowest BCUT2D eigenvalue weighted by Crippen LogP contribution is -2.28. The third-order valence-corrected chi connectivity index (χ3v) is 4.92. The number of amides is 2. The van der Waals surface area contributed by atoms with Crippen molar-refractivity contribution in [3.8, 4) is 0 Å². The molecule has 0 bridgehead atoms. The Morgan fingerprint density at radius 3 is 2.83 bits per heavy atom. The number of pyridine rings is 1. The highest BCUT2D eigenvalue weighted by molar-refractivity contribution is 7.21. The molecule has 3 rings (SSSR count). The second-order valence-electron chi connectivity index (χ2n) is 5.42. The van der Waals surface area contributed by atoms with Crippen LogP contribution < -0.4 is 10.6 Å². The predicted octanol–water partition coefficient (Wildman–Crippen LogP) is 3.90. The Kier molecular flexibility index (Phi) is 4.53. The minimum absolute atomic E-state index is 0.290. The summed E-state index contributed by atoms with van der Waals surface area (Å²) in [4.78, 5) is 26.0. The van der Waals surface area contributed by atoms with Gasteiger partial charge < -0.3 is 5.32 Å². The molecule has 0 aliphatic carbocycles. The van der Waals surface area contributed by atoms with Crippen LogP contribution in [0, 0.1) is 6.92 Å². The lowest BCUT2D eigenvalue weighted by molar-refractivity contribution is 0.251. The number of carbonyl (C=O) groups excluding carboxylic acids is 1. The van der Waals surface area contributed by atoms with Gasteiger partial charge in [-0.15, -0.1) is 11.3 Å². The average molecular weight is 347 g/mol. The van der Waals surface area contributed by atoms with Crippen LogP contribution in [0.3, 0.4) is 0 Å². The molecular formula is C15H17N5OS2. The lowest BCUT2D eigenvalue weighted by Gasteiger charge is -2.03.